The molecule has 2 heterocycles. The first-order chi connectivity index (χ1) is 32.6. The van der Waals surface area contributed by atoms with Gasteiger partial charge < -0.3 is 19.3 Å². The third kappa shape index (κ3) is 5.80. The van der Waals surface area contributed by atoms with Gasteiger partial charge in [0.1, 0.15) is 23.0 Å². The number of nitrogens with zero attached hydrogens (tertiary/aromatic N) is 2. The zero-order valence-electron chi connectivity index (χ0n) is 38.7. The molecule has 67 heavy (non-hydrogen) atoms. The molecule has 0 fully saturated rings. The monoisotopic (exact) mass is 864 g/mol. The van der Waals surface area contributed by atoms with E-state index >= 15 is 0 Å². The molecule has 0 amide bonds. The van der Waals surface area contributed by atoms with E-state index < -0.39 is 0 Å². The number of fused-ring (bicyclic) bond motifs is 10. The largest absolute Gasteiger partial charge is 0.458 e. The van der Waals surface area contributed by atoms with Crippen molar-refractivity contribution in [2.45, 2.75) is 52.4 Å². The van der Waals surface area contributed by atoms with E-state index in [0.717, 1.165) is 73.7 Å². The molecule has 0 bridgehead atoms. The zero-order valence-corrected chi connectivity index (χ0v) is 38.7. The van der Waals surface area contributed by atoms with Crippen molar-refractivity contribution >= 4 is 57.2 Å². The van der Waals surface area contributed by atoms with E-state index in [1.165, 1.54) is 55.4 Å². The Bertz CT molecular complexity index is 3190. The topological polar surface area (TPSA) is 24.9 Å². The number of anilines is 6. The van der Waals surface area contributed by atoms with Crippen LogP contribution in [0.5, 0.6) is 23.0 Å². The summed E-state index contributed by atoms with van der Waals surface area (Å²) in [4.78, 5) is 4.72. The average molecular weight is 865 g/mol. The maximum Gasteiger partial charge on any atom is 0.260 e. The number of ether oxygens (including phenoxy) is 2. The first-order valence-electron chi connectivity index (χ1n) is 23.5. The number of rotatable bonds is 6. The van der Waals surface area contributed by atoms with Gasteiger partial charge in [0.25, 0.3) is 6.71 Å². The zero-order chi connectivity index (χ0) is 45.3. The molecule has 9 aromatic carbocycles. The van der Waals surface area contributed by atoms with Gasteiger partial charge in [0.05, 0.1) is 0 Å². The normalized spacial score (nSPS) is 14.6. The molecular weight excluding hydrogens is 816 g/mol. The molecule has 0 unspecified atom stereocenters. The van der Waals surface area contributed by atoms with E-state index in [9.17, 15) is 0 Å². The second-order valence-electron chi connectivity index (χ2n) is 19.8. The molecule has 0 atom stereocenters. The molecule has 2 aliphatic carbocycles. The molecule has 4 nitrogen and oxygen atoms in total. The fraction of sp³-hybridized carbons (Fsp3) is 0.129. The lowest BCUT2D eigenvalue weighted by molar-refractivity contribution is 0.459. The molecule has 0 saturated heterocycles. The maximum atomic E-state index is 7.11. The average Bonchev–Trinajstić information content (AvgIpc) is 3.70. The quantitative estimate of drug-likeness (QED) is 0.156. The highest BCUT2D eigenvalue weighted by Crippen LogP contribution is 2.55. The molecule has 5 heteroatoms. The number of benzene rings is 9. The van der Waals surface area contributed by atoms with Gasteiger partial charge in [-0.15, -0.1) is 0 Å². The first-order valence-corrected chi connectivity index (χ1v) is 23.5. The Balaban J connectivity index is 0.947. The fourth-order valence-corrected chi connectivity index (χ4v) is 11.9. The maximum absolute atomic E-state index is 7.11. The second-order valence-corrected chi connectivity index (χ2v) is 19.8. The van der Waals surface area contributed by atoms with Crippen LogP contribution < -0.4 is 35.7 Å². The number of aryl methyl sites for hydroxylation is 2. The molecule has 0 N–H and O–H groups in total. The smallest absolute Gasteiger partial charge is 0.260 e. The van der Waals surface area contributed by atoms with Crippen LogP contribution in [0.4, 0.5) is 34.1 Å². The summed E-state index contributed by atoms with van der Waals surface area (Å²) in [5.74, 6) is 3.65. The summed E-state index contributed by atoms with van der Waals surface area (Å²) in [6, 6.07) is 68.5. The first kappa shape index (κ1) is 39.6. The van der Waals surface area contributed by atoms with Crippen LogP contribution in [-0.2, 0) is 10.8 Å². The SMILES string of the molecule is Cc1cc(C)c2c3c1Oc1cc4c(cc1B3c1cc3c(cc1O2)-c1ccc(N(c2ccccc2)c2ccccc2)cc1C3(C)C)C(C)(C)c1cc(N(c2ccccc2)c2ccccc2)ccc1-4. The molecule has 0 radical (unpaired) electrons. The van der Waals surface area contributed by atoms with E-state index in [1.54, 1.807) is 0 Å². The molecule has 2 aliphatic heterocycles. The van der Waals surface area contributed by atoms with Gasteiger partial charge in [-0.05, 0) is 171 Å². The molecule has 13 rings (SSSR count). The summed E-state index contributed by atoms with van der Waals surface area (Å²) < 4.78 is 14.2. The van der Waals surface area contributed by atoms with Crippen LogP contribution >= 0.6 is 0 Å². The minimum Gasteiger partial charge on any atom is -0.458 e. The van der Waals surface area contributed by atoms with Gasteiger partial charge in [0, 0.05) is 50.4 Å². The molecule has 0 spiro atoms. The highest BCUT2D eigenvalue weighted by molar-refractivity contribution is 6.98. The van der Waals surface area contributed by atoms with Crippen LogP contribution in [-0.4, -0.2) is 6.71 Å². The van der Waals surface area contributed by atoms with E-state index in [-0.39, 0.29) is 17.5 Å². The van der Waals surface area contributed by atoms with Gasteiger partial charge in [0.15, 0.2) is 0 Å². The predicted octanol–water partition coefficient (Wildman–Crippen LogP) is 14.6. The lowest BCUT2D eigenvalue weighted by Crippen LogP contribution is -2.58. The Labute approximate surface area is 393 Å². The van der Waals surface area contributed by atoms with E-state index in [0.29, 0.717) is 0 Å². The van der Waals surface area contributed by atoms with Crippen molar-refractivity contribution < 1.29 is 9.47 Å². The van der Waals surface area contributed by atoms with Crippen LogP contribution in [0.2, 0.25) is 0 Å². The molecule has 9 aromatic rings. The summed E-state index contributed by atoms with van der Waals surface area (Å²) in [5.41, 5.74) is 22.2. The summed E-state index contributed by atoms with van der Waals surface area (Å²) in [6.45, 7) is 13.8. The summed E-state index contributed by atoms with van der Waals surface area (Å²) in [5, 5.41) is 0. The van der Waals surface area contributed by atoms with E-state index in [4.69, 9.17) is 9.47 Å². The number of hydrogen-bond donors (Lipinski definition) is 0. The van der Waals surface area contributed by atoms with Crippen molar-refractivity contribution in [1.82, 2.24) is 0 Å². The van der Waals surface area contributed by atoms with Crippen LogP contribution in [0.25, 0.3) is 22.3 Å². The van der Waals surface area contributed by atoms with E-state index in [1.807, 2.05) is 0 Å². The molecule has 4 aliphatic rings. The molecular formula is C62H49BN2O2. The molecule has 0 aromatic heterocycles. The summed E-state index contributed by atoms with van der Waals surface area (Å²) in [6.07, 6.45) is 0. The fourth-order valence-electron chi connectivity index (χ4n) is 11.9. The highest BCUT2D eigenvalue weighted by Gasteiger charge is 2.47. The Morgan fingerprint density at radius 2 is 0.701 bits per heavy atom. The summed E-state index contributed by atoms with van der Waals surface area (Å²) >= 11 is 0. The van der Waals surface area contributed by atoms with Crippen molar-refractivity contribution in [3.8, 4) is 45.3 Å². The number of hydrogen-bond acceptors (Lipinski definition) is 4. The van der Waals surface area contributed by atoms with Gasteiger partial charge in [-0.3, -0.25) is 0 Å². The summed E-state index contributed by atoms with van der Waals surface area (Å²) in [7, 11) is 0. The van der Waals surface area contributed by atoms with E-state index in [2.05, 4.69) is 239 Å². The third-order valence-corrected chi connectivity index (χ3v) is 15.1. The van der Waals surface area contributed by atoms with Gasteiger partial charge >= 0.3 is 0 Å². The highest BCUT2D eigenvalue weighted by atomic mass is 16.5. The van der Waals surface area contributed by atoms with Crippen LogP contribution in [0, 0.1) is 13.8 Å². The van der Waals surface area contributed by atoms with Crippen LogP contribution in [0.3, 0.4) is 0 Å². The van der Waals surface area contributed by atoms with Crippen molar-refractivity contribution in [3.05, 3.63) is 221 Å². The minimum atomic E-state index is -0.277. The Kier molecular flexibility index (Phi) is 8.49. The standard InChI is InChI=1S/C62H49BN2O2/c1-38-31-39(2)60-58-59(38)66-56-34-48-46-29-27-44(64(40-19-11-7-12-20-40)41-21-13-8-14-22-41)32-50(46)61(3,4)52(48)36-54(56)63(58)55-37-53-49(35-57(55)67-60)47-30-28-45(33-51(47)62(53,5)6)65(42-23-15-9-16-24-42)43-25-17-10-18-26-43/h7-37H,1-6H3. The Hall–Kier alpha value is -7.76. The van der Waals surface area contributed by atoms with Gasteiger partial charge in [-0.2, -0.15) is 0 Å². The van der Waals surface area contributed by atoms with Crippen molar-refractivity contribution in [2.75, 3.05) is 9.80 Å². The lowest BCUT2D eigenvalue weighted by Gasteiger charge is -2.36. The predicted molar refractivity (Wildman–Crippen MR) is 278 cm³/mol. The van der Waals surface area contributed by atoms with Crippen LogP contribution in [0.1, 0.15) is 61.1 Å². The van der Waals surface area contributed by atoms with Gasteiger partial charge in [-0.1, -0.05) is 125 Å². The Morgan fingerprint density at radius 3 is 1.06 bits per heavy atom. The minimum absolute atomic E-state index is 0.0739. The van der Waals surface area contributed by atoms with Gasteiger partial charge in [0.2, 0.25) is 0 Å². The third-order valence-electron chi connectivity index (χ3n) is 15.1. The number of para-hydroxylation sites is 4. The van der Waals surface area contributed by atoms with Gasteiger partial charge in [-0.25, -0.2) is 0 Å². The van der Waals surface area contributed by atoms with Crippen molar-refractivity contribution in [2.24, 2.45) is 0 Å². The second kappa shape index (κ2) is 14.4. The molecule has 0 saturated carbocycles. The lowest BCUT2D eigenvalue weighted by atomic mass is 9.34. The van der Waals surface area contributed by atoms with Crippen molar-refractivity contribution in [3.63, 3.8) is 0 Å². The van der Waals surface area contributed by atoms with Crippen LogP contribution in [0.15, 0.2) is 188 Å². The Morgan fingerprint density at radius 1 is 0.358 bits per heavy atom. The van der Waals surface area contributed by atoms with Crippen molar-refractivity contribution in [1.29, 1.82) is 0 Å². The molecule has 322 valence electrons.